The Hall–Kier alpha value is -1.35. The molecule has 0 amide bonds. The molecule has 1 heterocycles. The van der Waals surface area contributed by atoms with Crippen LogP contribution >= 0.6 is 11.6 Å². The molecule has 2 rings (SSSR count). The van der Waals surface area contributed by atoms with Crippen LogP contribution in [0.15, 0.2) is 28.8 Å². The Morgan fingerprint density at radius 2 is 2.12 bits per heavy atom. The molecule has 1 aromatic carbocycles. The third-order valence-electron chi connectivity index (χ3n) is 2.73. The number of hydrogen-bond acceptors (Lipinski definition) is 3. The Kier molecular flexibility index (Phi) is 3.79. The molecule has 4 heteroatoms. The van der Waals surface area contributed by atoms with E-state index in [9.17, 15) is 0 Å². The molecule has 0 aliphatic carbocycles. The third-order valence-corrected chi connectivity index (χ3v) is 3.23. The van der Waals surface area contributed by atoms with Gasteiger partial charge in [-0.1, -0.05) is 36.3 Å². The van der Waals surface area contributed by atoms with Crippen molar-refractivity contribution in [2.75, 3.05) is 0 Å². The average molecular weight is 251 g/mol. The van der Waals surface area contributed by atoms with Gasteiger partial charge in [0.05, 0.1) is 11.8 Å². The third kappa shape index (κ3) is 2.86. The number of hydrogen-bond donors (Lipinski definition) is 0. The summed E-state index contributed by atoms with van der Waals surface area (Å²) in [6.45, 7) is 4.07. The van der Waals surface area contributed by atoms with Gasteiger partial charge >= 0.3 is 0 Å². The molecular weight excluding hydrogens is 236 g/mol. The molecule has 0 aliphatic heterocycles. The Bertz CT molecular complexity index is 496. The van der Waals surface area contributed by atoms with Gasteiger partial charge in [0.15, 0.2) is 5.82 Å². The molecular formula is C13H15ClN2O. The van der Waals surface area contributed by atoms with Crippen LogP contribution in [0.1, 0.15) is 41.6 Å². The molecule has 90 valence electrons. The molecule has 0 bridgehead atoms. The van der Waals surface area contributed by atoms with Crippen molar-refractivity contribution >= 4 is 11.6 Å². The smallest absolute Gasteiger partial charge is 0.231 e. The molecule has 0 radical (unpaired) electrons. The minimum Gasteiger partial charge on any atom is -0.339 e. The summed E-state index contributed by atoms with van der Waals surface area (Å²) in [6, 6.07) is 8.17. The topological polar surface area (TPSA) is 38.9 Å². The summed E-state index contributed by atoms with van der Waals surface area (Å²) in [4.78, 5) is 4.31. The normalized spacial score (nSPS) is 12.6. The lowest BCUT2D eigenvalue weighted by Crippen LogP contribution is -1.94. The fraction of sp³-hybridized carbons (Fsp3) is 0.385. The van der Waals surface area contributed by atoms with Crippen molar-refractivity contribution in [3.63, 3.8) is 0 Å². The SMILES string of the molecule is CCC(Cl)c1noc(Cc2ccccc2C)n1. The summed E-state index contributed by atoms with van der Waals surface area (Å²) in [5, 5.41) is 3.73. The maximum absolute atomic E-state index is 6.05. The largest absolute Gasteiger partial charge is 0.339 e. The van der Waals surface area contributed by atoms with Crippen LogP contribution in [0.2, 0.25) is 0 Å². The zero-order valence-electron chi connectivity index (χ0n) is 9.98. The quantitative estimate of drug-likeness (QED) is 0.778. The second kappa shape index (κ2) is 5.32. The van der Waals surface area contributed by atoms with E-state index in [1.807, 2.05) is 19.1 Å². The number of benzene rings is 1. The molecule has 1 aromatic heterocycles. The number of halogens is 1. The zero-order valence-corrected chi connectivity index (χ0v) is 10.7. The first-order chi connectivity index (χ1) is 8.20. The van der Waals surface area contributed by atoms with Crippen molar-refractivity contribution < 1.29 is 4.52 Å². The lowest BCUT2D eigenvalue weighted by Gasteiger charge is -2.00. The number of aromatic nitrogens is 2. The summed E-state index contributed by atoms with van der Waals surface area (Å²) < 4.78 is 5.20. The minimum absolute atomic E-state index is 0.163. The molecule has 0 saturated carbocycles. The highest BCUT2D eigenvalue weighted by atomic mass is 35.5. The van der Waals surface area contributed by atoms with Gasteiger partial charge in [0.2, 0.25) is 5.89 Å². The van der Waals surface area contributed by atoms with Crippen LogP contribution in [0.5, 0.6) is 0 Å². The van der Waals surface area contributed by atoms with E-state index in [2.05, 4.69) is 29.2 Å². The highest BCUT2D eigenvalue weighted by Gasteiger charge is 2.14. The molecule has 1 atom stereocenters. The Morgan fingerprint density at radius 1 is 1.35 bits per heavy atom. The highest BCUT2D eigenvalue weighted by Crippen LogP contribution is 2.21. The fourth-order valence-electron chi connectivity index (χ4n) is 1.62. The molecule has 0 saturated heterocycles. The monoisotopic (exact) mass is 250 g/mol. The number of rotatable bonds is 4. The molecule has 2 aromatic rings. The van der Waals surface area contributed by atoms with Gasteiger partial charge in [-0.05, 0) is 24.5 Å². The van der Waals surface area contributed by atoms with E-state index >= 15 is 0 Å². The van der Waals surface area contributed by atoms with Crippen LogP contribution in [-0.4, -0.2) is 10.1 Å². The summed E-state index contributed by atoms with van der Waals surface area (Å²) in [5.41, 5.74) is 2.43. The first-order valence-electron chi connectivity index (χ1n) is 5.71. The predicted octanol–water partition coefficient (Wildman–Crippen LogP) is 3.66. The van der Waals surface area contributed by atoms with Gasteiger partial charge in [-0.3, -0.25) is 0 Å². The molecule has 0 spiro atoms. The highest BCUT2D eigenvalue weighted by molar-refractivity contribution is 6.20. The Labute approximate surface area is 106 Å². The van der Waals surface area contributed by atoms with Gasteiger partial charge in [0.25, 0.3) is 0 Å². The van der Waals surface area contributed by atoms with Gasteiger partial charge in [-0.2, -0.15) is 4.98 Å². The number of nitrogens with zero attached hydrogens (tertiary/aromatic N) is 2. The molecule has 17 heavy (non-hydrogen) atoms. The van der Waals surface area contributed by atoms with Gasteiger partial charge in [-0.25, -0.2) is 0 Å². The maximum Gasteiger partial charge on any atom is 0.231 e. The molecule has 0 fully saturated rings. The summed E-state index contributed by atoms with van der Waals surface area (Å²) >= 11 is 6.05. The fourth-order valence-corrected chi connectivity index (χ4v) is 1.71. The first kappa shape index (κ1) is 12.1. The van der Waals surface area contributed by atoms with Crippen LogP contribution in [0.4, 0.5) is 0 Å². The Balaban J connectivity index is 2.14. The van der Waals surface area contributed by atoms with Crippen molar-refractivity contribution in [2.45, 2.75) is 32.1 Å². The first-order valence-corrected chi connectivity index (χ1v) is 6.15. The van der Waals surface area contributed by atoms with Crippen molar-refractivity contribution in [3.05, 3.63) is 47.1 Å². The lowest BCUT2D eigenvalue weighted by atomic mass is 10.1. The van der Waals surface area contributed by atoms with E-state index in [0.717, 1.165) is 6.42 Å². The molecule has 1 unspecified atom stereocenters. The van der Waals surface area contributed by atoms with Crippen molar-refractivity contribution in [1.82, 2.24) is 10.1 Å². The van der Waals surface area contributed by atoms with E-state index in [1.165, 1.54) is 11.1 Å². The molecule has 0 N–H and O–H groups in total. The van der Waals surface area contributed by atoms with Gasteiger partial charge in [-0.15, -0.1) is 11.6 Å². The van der Waals surface area contributed by atoms with Crippen molar-refractivity contribution in [2.24, 2.45) is 0 Å². The number of alkyl halides is 1. The maximum atomic E-state index is 6.05. The van der Waals surface area contributed by atoms with E-state index in [0.29, 0.717) is 18.1 Å². The van der Waals surface area contributed by atoms with E-state index < -0.39 is 0 Å². The molecule has 3 nitrogen and oxygen atoms in total. The minimum atomic E-state index is -0.163. The summed E-state index contributed by atoms with van der Waals surface area (Å²) in [6.07, 6.45) is 1.46. The Morgan fingerprint density at radius 3 is 2.82 bits per heavy atom. The average Bonchev–Trinajstić information content (AvgIpc) is 2.80. The summed E-state index contributed by atoms with van der Waals surface area (Å²) in [5.74, 6) is 1.20. The van der Waals surface area contributed by atoms with Crippen LogP contribution in [0.3, 0.4) is 0 Å². The van der Waals surface area contributed by atoms with Gasteiger partial charge in [0, 0.05) is 0 Å². The van der Waals surface area contributed by atoms with Crippen molar-refractivity contribution in [1.29, 1.82) is 0 Å². The predicted molar refractivity (Wildman–Crippen MR) is 67.2 cm³/mol. The standard InChI is InChI=1S/C13H15ClN2O/c1-3-11(14)13-15-12(17-16-13)8-10-7-5-4-6-9(10)2/h4-7,11H,3,8H2,1-2H3. The molecule has 0 aliphatic rings. The van der Waals surface area contributed by atoms with E-state index in [1.54, 1.807) is 0 Å². The number of aryl methyl sites for hydroxylation is 1. The van der Waals surface area contributed by atoms with E-state index in [-0.39, 0.29) is 5.38 Å². The van der Waals surface area contributed by atoms with Crippen LogP contribution in [0.25, 0.3) is 0 Å². The van der Waals surface area contributed by atoms with Crippen LogP contribution in [-0.2, 0) is 6.42 Å². The van der Waals surface area contributed by atoms with Crippen LogP contribution in [0, 0.1) is 6.92 Å². The summed E-state index contributed by atoms with van der Waals surface area (Å²) in [7, 11) is 0. The zero-order chi connectivity index (χ0) is 12.3. The van der Waals surface area contributed by atoms with Crippen LogP contribution < -0.4 is 0 Å². The van der Waals surface area contributed by atoms with Gasteiger partial charge < -0.3 is 4.52 Å². The lowest BCUT2D eigenvalue weighted by molar-refractivity contribution is 0.378. The van der Waals surface area contributed by atoms with Crippen molar-refractivity contribution in [3.8, 4) is 0 Å². The second-order valence-corrected chi connectivity index (χ2v) is 4.55. The van der Waals surface area contributed by atoms with E-state index in [4.69, 9.17) is 16.1 Å². The second-order valence-electron chi connectivity index (χ2n) is 4.03. The van der Waals surface area contributed by atoms with Gasteiger partial charge in [0.1, 0.15) is 0 Å².